The highest BCUT2D eigenvalue weighted by Crippen LogP contribution is 2.32. The zero-order chi connectivity index (χ0) is 12.3. The van der Waals surface area contributed by atoms with E-state index in [0.717, 1.165) is 10.0 Å². The summed E-state index contributed by atoms with van der Waals surface area (Å²) in [5.74, 6) is 0.630. The maximum absolute atomic E-state index is 5.92. The van der Waals surface area contributed by atoms with Crippen molar-refractivity contribution in [3.8, 4) is 5.75 Å². The first-order valence-corrected chi connectivity index (χ1v) is 6.25. The van der Waals surface area contributed by atoms with E-state index in [9.17, 15) is 0 Å². The number of hydrogen-bond acceptors (Lipinski definition) is 2. The molecule has 0 bridgehead atoms. The summed E-state index contributed by atoms with van der Waals surface area (Å²) in [5.41, 5.74) is 7.46. The van der Waals surface area contributed by atoms with E-state index < -0.39 is 0 Å². The topological polar surface area (TPSA) is 35.2 Å². The molecule has 0 spiro atoms. The van der Waals surface area contributed by atoms with Gasteiger partial charge in [-0.15, -0.1) is 0 Å². The summed E-state index contributed by atoms with van der Waals surface area (Å²) in [5, 5.41) is 0.578. The van der Waals surface area contributed by atoms with Crippen molar-refractivity contribution in [2.45, 2.75) is 6.61 Å². The molecule has 0 unspecified atom stereocenters. The van der Waals surface area contributed by atoms with Gasteiger partial charge in [-0.1, -0.05) is 41.9 Å². The summed E-state index contributed by atoms with van der Waals surface area (Å²) < 4.78 is 6.42. The van der Waals surface area contributed by atoms with Crippen LogP contribution < -0.4 is 10.5 Å². The van der Waals surface area contributed by atoms with Gasteiger partial charge in [-0.2, -0.15) is 0 Å². The van der Waals surface area contributed by atoms with Crippen LogP contribution >= 0.6 is 27.5 Å². The normalized spacial score (nSPS) is 10.2. The molecule has 0 amide bonds. The first kappa shape index (κ1) is 12.3. The third-order valence-corrected chi connectivity index (χ3v) is 3.49. The average molecular weight is 313 g/mol. The number of hydrogen-bond donors (Lipinski definition) is 1. The highest BCUT2D eigenvalue weighted by molar-refractivity contribution is 9.10. The molecule has 2 rings (SSSR count). The van der Waals surface area contributed by atoms with E-state index in [1.165, 1.54) is 0 Å². The second-order valence-corrected chi connectivity index (χ2v) is 4.84. The van der Waals surface area contributed by atoms with Crippen molar-refractivity contribution < 1.29 is 4.74 Å². The van der Waals surface area contributed by atoms with E-state index in [-0.39, 0.29) is 0 Å². The lowest BCUT2D eigenvalue weighted by molar-refractivity contribution is 0.308. The van der Waals surface area contributed by atoms with E-state index in [1.54, 1.807) is 12.1 Å². The van der Waals surface area contributed by atoms with Crippen LogP contribution in [0.5, 0.6) is 5.75 Å². The lowest BCUT2D eigenvalue weighted by Crippen LogP contribution is -1.98. The first-order chi connectivity index (χ1) is 8.16. The summed E-state index contributed by atoms with van der Waals surface area (Å²) in [7, 11) is 0. The fraction of sp³-hybridized carbons (Fsp3) is 0.0769. The molecule has 0 aliphatic carbocycles. The van der Waals surface area contributed by atoms with Crippen LogP contribution in [0.15, 0.2) is 46.9 Å². The Morgan fingerprint density at radius 1 is 1.18 bits per heavy atom. The van der Waals surface area contributed by atoms with Gasteiger partial charge in [0, 0.05) is 4.47 Å². The van der Waals surface area contributed by atoms with Crippen LogP contribution in [-0.2, 0) is 6.61 Å². The molecule has 2 aromatic rings. The van der Waals surface area contributed by atoms with Crippen molar-refractivity contribution in [3.63, 3.8) is 0 Å². The van der Waals surface area contributed by atoms with E-state index in [2.05, 4.69) is 15.9 Å². The Bertz CT molecular complexity index is 516. The van der Waals surface area contributed by atoms with Crippen molar-refractivity contribution in [2.24, 2.45) is 0 Å². The number of nitrogens with two attached hydrogens (primary N) is 1. The molecule has 2 nitrogen and oxygen atoms in total. The Labute approximate surface area is 113 Å². The molecule has 17 heavy (non-hydrogen) atoms. The average Bonchev–Trinajstić information content (AvgIpc) is 2.33. The van der Waals surface area contributed by atoms with Crippen molar-refractivity contribution in [2.75, 3.05) is 5.73 Å². The molecule has 0 fully saturated rings. The SMILES string of the molecule is Nc1cc(Cl)c(Br)cc1OCc1ccccc1. The number of ether oxygens (including phenoxy) is 1. The highest BCUT2D eigenvalue weighted by atomic mass is 79.9. The Hall–Kier alpha value is -1.19. The van der Waals surface area contributed by atoms with E-state index in [0.29, 0.717) is 23.1 Å². The summed E-state index contributed by atoms with van der Waals surface area (Å²) in [6.07, 6.45) is 0. The van der Waals surface area contributed by atoms with Gasteiger partial charge in [-0.25, -0.2) is 0 Å². The lowest BCUT2D eigenvalue weighted by Gasteiger charge is -2.10. The van der Waals surface area contributed by atoms with Gasteiger partial charge < -0.3 is 10.5 Å². The van der Waals surface area contributed by atoms with E-state index in [1.807, 2.05) is 30.3 Å². The predicted molar refractivity (Wildman–Crippen MR) is 74.3 cm³/mol. The van der Waals surface area contributed by atoms with Gasteiger partial charge in [0.2, 0.25) is 0 Å². The minimum atomic E-state index is 0.485. The Morgan fingerprint density at radius 3 is 2.59 bits per heavy atom. The Kier molecular flexibility index (Phi) is 3.92. The Balaban J connectivity index is 2.12. The number of nitrogen functional groups attached to an aromatic ring is 1. The van der Waals surface area contributed by atoms with Crippen molar-refractivity contribution in [1.29, 1.82) is 0 Å². The second kappa shape index (κ2) is 5.43. The molecule has 0 aliphatic rings. The number of benzene rings is 2. The Morgan fingerprint density at radius 2 is 1.88 bits per heavy atom. The van der Waals surface area contributed by atoms with Gasteiger partial charge in [-0.05, 0) is 33.6 Å². The monoisotopic (exact) mass is 311 g/mol. The van der Waals surface area contributed by atoms with Crippen LogP contribution in [0, 0.1) is 0 Å². The second-order valence-electron chi connectivity index (χ2n) is 3.58. The molecule has 0 heterocycles. The van der Waals surface area contributed by atoms with E-state index >= 15 is 0 Å². The molecular weight excluding hydrogens is 302 g/mol. The van der Waals surface area contributed by atoms with Crippen LogP contribution in [0.1, 0.15) is 5.56 Å². The van der Waals surface area contributed by atoms with Crippen molar-refractivity contribution >= 4 is 33.2 Å². The maximum atomic E-state index is 5.92. The van der Waals surface area contributed by atoms with Gasteiger partial charge >= 0.3 is 0 Å². The molecule has 0 aromatic heterocycles. The van der Waals surface area contributed by atoms with Crippen LogP contribution in [0.25, 0.3) is 0 Å². The van der Waals surface area contributed by atoms with Gasteiger partial charge in [-0.3, -0.25) is 0 Å². The van der Waals surface area contributed by atoms with Gasteiger partial charge in [0.15, 0.2) is 0 Å². The fourth-order valence-corrected chi connectivity index (χ4v) is 1.90. The van der Waals surface area contributed by atoms with Gasteiger partial charge in [0.1, 0.15) is 12.4 Å². The zero-order valence-corrected chi connectivity index (χ0v) is 11.3. The molecule has 88 valence electrons. The molecular formula is C13H11BrClNO. The minimum absolute atomic E-state index is 0.485. The van der Waals surface area contributed by atoms with Crippen molar-refractivity contribution in [3.05, 3.63) is 57.5 Å². The molecule has 0 radical (unpaired) electrons. The lowest BCUT2D eigenvalue weighted by atomic mass is 10.2. The zero-order valence-electron chi connectivity index (χ0n) is 8.99. The molecule has 0 atom stereocenters. The molecule has 4 heteroatoms. The maximum Gasteiger partial charge on any atom is 0.143 e. The number of halogens is 2. The number of rotatable bonds is 3. The third kappa shape index (κ3) is 3.14. The molecule has 2 N–H and O–H groups in total. The van der Waals surface area contributed by atoms with Crippen molar-refractivity contribution in [1.82, 2.24) is 0 Å². The summed E-state index contributed by atoms with van der Waals surface area (Å²) in [4.78, 5) is 0. The third-order valence-electron chi connectivity index (χ3n) is 2.29. The number of anilines is 1. The summed E-state index contributed by atoms with van der Waals surface area (Å²) in [6, 6.07) is 13.4. The van der Waals surface area contributed by atoms with E-state index in [4.69, 9.17) is 22.1 Å². The minimum Gasteiger partial charge on any atom is -0.487 e. The van der Waals surface area contributed by atoms with Crippen LogP contribution in [0.3, 0.4) is 0 Å². The van der Waals surface area contributed by atoms with Crippen LogP contribution in [-0.4, -0.2) is 0 Å². The van der Waals surface area contributed by atoms with Crippen LogP contribution in [0.2, 0.25) is 5.02 Å². The quantitative estimate of drug-likeness (QED) is 0.859. The predicted octanol–water partition coefficient (Wildman–Crippen LogP) is 4.26. The summed E-state index contributed by atoms with van der Waals surface area (Å²) in [6.45, 7) is 0.485. The highest BCUT2D eigenvalue weighted by Gasteiger charge is 2.05. The smallest absolute Gasteiger partial charge is 0.143 e. The molecule has 0 saturated carbocycles. The fourth-order valence-electron chi connectivity index (χ4n) is 1.40. The van der Waals surface area contributed by atoms with Gasteiger partial charge in [0.05, 0.1) is 10.7 Å². The molecule has 2 aromatic carbocycles. The largest absolute Gasteiger partial charge is 0.487 e. The van der Waals surface area contributed by atoms with Gasteiger partial charge in [0.25, 0.3) is 0 Å². The molecule has 0 saturated heterocycles. The molecule has 0 aliphatic heterocycles. The summed E-state index contributed by atoms with van der Waals surface area (Å²) >= 11 is 9.26. The standard InChI is InChI=1S/C13H11BrClNO/c14-10-6-13(12(16)7-11(10)15)17-8-9-4-2-1-3-5-9/h1-7H,8,16H2. The van der Waals surface area contributed by atoms with Crippen LogP contribution in [0.4, 0.5) is 5.69 Å². The first-order valence-electron chi connectivity index (χ1n) is 5.08.